The second kappa shape index (κ2) is 7.70. The van der Waals surface area contributed by atoms with Crippen LogP contribution in [0.25, 0.3) is 22.6 Å². The Balaban J connectivity index is 1.41. The maximum absolute atomic E-state index is 13.1. The summed E-state index contributed by atoms with van der Waals surface area (Å²) in [5.74, 6) is 0.500. The van der Waals surface area contributed by atoms with Gasteiger partial charge < -0.3 is 11.1 Å². The van der Waals surface area contributed by atoms with Crippen LogP contribution in [0.3, 0.4) is 0 Å². The number of halogens is 3. The molecule has 0 saturated heterocycles. The van der Waals surface area contributed by atoms with Crippen molar-refractivity contribution < 1.29 is 18.0 Å². The van der Waals surface area contributed by atoms with E-state index in [2.05, 4.69) is 35.7 Å². The molecule has 0 spiro atoms. The minimum Gasteiger partial charge on any atom is -0.383 e. The number of nitrogens with two attached hydrogens (primary N) is 1. The Morgan fingerprint density at radius 2 is 2.08 bits per heavy atom. The van der Waals surface area contributed by atoms with Gasteiger partial charge in [0.1, 0.15) is 28.4 Å². The zero-order chi connectivity index (χ0) is 25.2. The fraction of sp³-hybridized carbons (Fsp3) is 0.409. The van der Waals surface area contributed by atoms with E-state index >= 15 is 0 Å². The number of fused-ring (bicyclic) bond motifs is 2. The molecule has 2 aliphatic rings. The summed E-state index contributed by atoms with van der Waals surface area (Å²) in [7, 11) is 0. The first kappa shape index (κ1) is 22.4. The van der Waals surface area contributed by atoms with Crippen LogP contribution >= 0.6 is 0 Å². The first-order chi connectivity index (χ1) is 17.1. The molecule has 36 heavy (non-hydrogen) atoms. The molecule has 0 radical (unpaired) electrons. The van der Waals surface area contributed by atoms with Crippen molar-refractivity contribution in [3.63, 3.8) is 0 Å². The van der Waals surface area contributed by atoms with Gasteiger partial charge in [0.15, 0.2) is 11.5 Å². The third kappa shape index (κ3) is 3.63. The fourth-order valence-electron chi connectivity index (χ4n) is 4.50. The molecule has 1 aliphatic heterocycles. The second-order valence-electron chi connectivity index (χ2n) is 9.32. The molecule has 3 N–H and O–H groups in total. The summed E-state index contributed by atoms with van der Waals surface area (Å²) in [5, 5.41) is 15.9. The van der Waals surface area contributed by atoms with Gasteiger partial charge in [0.2, 0.25) is 5.91 Å². The summed E-state index contributed by atoms with van der Waals surface area (Å²) < 4.78 is 41.4. The zero-order valence-electron chi connectivity index (χ0n) is 19.1. The standard InChI is InChI=1S/C22H21F3N10O/c1-21(13-10-34(33-31-13)9-11-4-5-11)14-16(26)28-18(29-17(14)30-20(21)36)15-12-3-2-7-27-19(12)35(32-15)8-6-22(23,24)25/h2-3,7,10-11H,4-6,8-9H2,1H3,(H3,26,28,29,30,36). The SMILES string of the molecule is CC1(c2cn(CC3CC3)nn2)C(=O)Nc2nc(-c3nn(CCC(F)(F)F)c4ncccc34)nc(N)c21. The van der Waals surface area contributed by atoms with Crippen LogP contribution in [0.1, 0.15) is 37.4 Å². The lowest BCUT2D eigenvalue weighted by Gasteiger charge is -2.19. The number of nitrogen functional groups attached to an aromatic ring is 1. The van der Waals surface area contributed by atoms with Crippen molar-refractivity contribution in [2.75, 3.05) is 11.1 Å². The molecule has 1 aliphatic carbocycles. The quantitative estimate of drug-likeness (QED) is 0.413. The number of amides is 1. The summed E-state index contributed by atoms with van der Waals surface area (Å²) in [6.45, 7) is 2.01. The zero-order valence-corrected chi connectivity index (χ0v) is 19.1. The highest BCUT2D eigenvalue weighted by atomic mass is 19.4. The van der Waals surface area contributed by atoms with Crippen LogP contribution in [-0.4, -0.2) is 51.8 Å². The number of nitrogens with one attached hydrogen (secondary N) is 1. The molecule has 1 saturated carbocycles. The molecule has 11 nitrogen and oxygen atoms in total. The number of rotatable bonds is 6. The van der Waals surface area contributed by atoms with Crippen LogP contribution in [0, 0.1) is 5.92 Å². The van der Waals surface area contributed by atoms with Gasteiger partial charge in [0, 0.05) is 18.9 Å². The van der Waals surface area contributed by atoms with E-state index in [4.69, 9.17) is 5.73 Å². The molecule has 1 unspecified atom stereocenters. The largest absolute Gasteiger partial charge is 0.390 e. The van der Waals surface area contributed by atoms with Crippen LogP contribution in [0.15, 0.2) is 24.5 Å². The van der Waals surface area contributed by atoms with E-state index in [0.717, 1.165) is 19.4 Å². The minimum atomic E-state index is -4.35. The van der Waals surface area contributed by atoms with Crippen LogP contribution in [0.4, 0.5) is 24.8 Å². The van der Waals surface area contributed by atoms with E-state index in [1.165, 1.54) is 10.9 Å². The first-order valence-corrected chi connectivity index (χ1v) is 11.4. The Morgan fingerprint density at radius 1 is 1.28 bits per heavy atom. The molecule has 14 heteroatoms. The average molecular weight is 498 g/mol. The Kier molecular flexibility index (Phi) is 4.78. The van der Waals surface area contributed by atoms with Crippen LogP contribution in [0.5, 0.6) is 0 Å². The number of aryl methyl sites for hydroxylation is 1. The van der Waals surface area contributed by atoms with Crippen molar-refractivity contribution >= 4 is 28.6 Å². The molecule has 4 aromatic heterocycles. The maximum atomic E-state index is 13.1. The molecule has 186 valence electrons. The van der Waals surface area contributed by atoms with Gasteiger partial charge in [0.05, 0.1) is 23.9 Å². The molecular formula is C22H21F3N10O. The Morgan fingerprint density at radius 3 is 2.83 bits per heavy atom. The fourth-order valence-corrected chi connectivity index (χ4v) is 4.50. The van der Waals surface area contributed by atoms with Crippen molar-refractivity contribution in [1.82, 2.24) is 39.7 Å². The van der Waals surface area contributed by atoms with E-state index in [0.29, 0.717) is 22.6 Å². The highest BCUT2D eigenvalue weighted by Gasteiger charge is 2.50. The van der Waals surface area contributed by atoms with Crippen molar-refractivity contribution in [1.29, 1.82) is 0 Å². The number of hydrogen-bond donors (Lipinski definition) is 2. The van der Waals surface area contributed by atoms with E-state index in [-0.39, 0.29) is 34.7 Å². The summed E-state index contributed by atoms with van der Waals surface area (Å²) in [5.41, 5.74) is 6.37. The van der Waals surface area contributed by atoms with Gasteiger partial charge in [-0.1, -0.05) is 5.21 Å². The van der Waals surface area contributed by atoms with E-state index in [1.807, 2.05) is 0 Å². The lowest BCUT2D eigenvalue weighted by Crippen LogP contribution is -2.33. The highest BCUT2D eigenvalue weighted by Crippen LogP contribution is 2.44. The van der Waals surface area contributed by atoms with Crippen molar-refractivity contribution in [3.8, 4) is 11.5 Å². The van der Waals surface area contributed by atoms with Crippen molar-refractivity contribution in [3.05, 3.63) is 35.8 Å². The summed E-state index contributed by atoms with van der Waals surface area (Å²) in [6.07, 6.45) is 0.0878. The van der Waals surface area contributed by atoms with E-state index in [9.17, 15) is 18.0 Å². The third-order valence-electron chi connectivity index (χ3n) is 6.64. The number of anilines is 2. The topological polar surface area (TPSA) is 142 Å². The van der Waals surface area contributed by atoms with Gasteiger partial charge in [-0.2, -0.15) is 18.3 Å². The van der Waals surface area contributed by atoms with Gasteiger partial charge >= 0.3 is 6.18 Å². The third-order valence-corrected chi connectivity index (χ3v) is 6.64. The van der Waals surface area contributed by atoms with E-state index in [1.54, 1.807) is 29.9 Å². The monoisotopic (exact) mass is 498 g/mol. The maximum Gasteiger partial charge on any atom is 0.390 e. The molecular weight excluding hydrogens is 477 g/mol. The van der Waals surface area contributed by atoms with Gasteiger partial charge in [0.25, 0.3) is 0 Å². The van der Waals surface area contributed by atoms with Crippen LogP contribution in [0.2, 0.25) is 0 Å². The smallest absolute Gasteiger partial charge is 0.383 e. The molecule has 6 rings (SSSR count). The number of hydrogen-bond acceptors (Lipinski definition) is 8. The lowest BCUT2D eigenvalue weighted by molar-refractivity contribution is -0.137. The molecule has 4 aromatic rings. The normalized spacial score (nSPS) is 19.6. The Labute approximate surface area is 201 Å². The van der Waals surface area contributed by atoms with Gasteiger partial charge in [-0.3, -0.25) is 9.48 Å². The number of pyridine rings is 1. The molecule has 1 atom stereocenters. The molecule has 1 amide bonds. The number of nitrogens with zero attached hydrogens (tertiary/aromatic N) is 8. The highest BCUT2D eigenvalue weighted by molar-refractivity contribution is 6.09. The van der Waals surface area contributed by atoms with Gasteiger partial charge in [-0.25, -0.2) is 19.6 Å². The Hall–Kier alpha value is -4.10. The van der Waals surface area contributed by atoms with Gasteiger partial charge in [-0.15, -0.1) is 5.10 Å². The summed E-state index contributed by atoms with van der Waals surface area (Å²) in [6, 6.07) is 3.31. The van der Waals surface area contributed by atoms with E-state index < -0.39 is 24.6 Å². The van der Waals surface area contributed by atoms with Crippen LogP contribution < -0.4 is 11.1 Å². The summed E-state index contributed by atoms with van der Waals surface area (Å²) in [4.78, 5) is 26.2. The number of aromatic nitrogens is 8. The predicted octanol–water partition coefficient (Wildman–Crippen LogP) is 2.68. The summed E-state index contributed by atoms with van der Waals surface area (Å²) >= 11 is 0. The second-order valence-corrected chi connectivity index (χ2v) is 9.32. The number of carbonyl (C=O) groups excluding carboxylic acids is 1. The number of alkyl halides is 3. The van der Waals surface area contributed by atoms with Crippen LogP contribution in [-0.2, 0) is 23.3 Å². The van der Waals surface area contributed by atoms with Gasteiger partial charge in [-0.05, 0) is 37.8 Å². The first-order valence-electron chi connectivity index (χ1n) is 11.4. The molecule has 1 fully saturated rings. The molecule has 0 bridgehead atoms. The van der Waals surface area contributed by atoms with Crippen molar-refractivity contribution in [2.24, 2.45) is 5.92 Å². The lowest BCUT2D eigenvalue weighted by atomic mass is 9.81. The minimum absolute atomic E-state index is 0.0366. The predicted molar refractivity (Wildman–Crippen MR) is 121 cm³/mol. The molecule has 5 heterocycles. The average Bonchev–Trinajstić information content (AvgIpc) is 3.26. The van der Waals surface area contributed by atoms with Crippen molar-refractivity contribution in [2.45, 2.75) is 50.9 Å². The number of carbonyl (C=O) groups is 1. The Bertz CT molecular complexity index is 1510. The molecule has 0 aromatic carbocycles.